The number of hydrogen-bond donors (Lipinski definition) is 0. The van der Waals surface area contributed by atoms with Crippen molar-refractivity contribution in [1.29, 1.82) is 0 Å². The maximum atomic E-state index is 13.8. The first-order valence-electron chi connectivity index (χ1n) is 11.3. The molecule has 0 aliphatic carbocycles. The molecular weight excluding hydrogens is 446 g/mol. The van der Waals surface area contributed by atoms with Gasteiger partial charge in [-0.05, 0) is 58.7 Å². The van der Waals surface area contributed by atoms with Crippen molar-refractivity contribution in [3.05, 3.63) is 91.7 Å². The highest BCUT2D eigenvalue weighted by Crippen LogP contribution is 2.35. The lowest BCUT2D eigenvalue weighted by atomic mass is 9.90. The fourth-order valence-corrected chi connectivity index (χ4v) is 3.98. The fourth-order valence-electron chi connectivity index (χ4n) is 3.98. The summed E-state index contributed by atoms with van der Waals surface area (Å²) in [6, 6.07) is 11.6. The second-order valence-electron chi connectivity index (χ2n) is 8.50. The summed E-state index contributed by atoms with van der Waals surface area (Å²) in [5.41, 5.74) is 4.08. The van der Waals surface area contributed by atoms with Crippen LogP contribution in [0.25, 0.3) is 5.57 Å². The largest absolute Gasteiger partial charge is 0.469 e. The van der Waals surface area contributed by atoms with Gasteiger partial charge in [-0.25, -0.2) is 4.68 Å². The highest BCUT2D eigenvalue weighted by molar-refractivity contribution is 6.13. The van der Waals surface area contributed by atoms with Gasteiger partial charge in [-0.3, -0.25) is 19.7 Å². The molecule has 0 bridgehead atoms. The number of allylic oxidation sites excluding steroid dienone is 2. The summed E-state index contributed by atoms with van der Waals surface area (Å²) in [4.78, 5) is 37.6. The Bertz CT molecular complexity index is 1330. The molecular formula is C27H29N3O5. The molecule has 35 heavy (non-hydrogen) atoms. The van der Waals surface area contributed by atoms with Crippen molar-refractivity contribution in [2.24, 2.45) is 0 Å². The van der Waals surface area contributed by atoms with Crippen LogP contribution in [0.3, 0.4) is 0 Å². The Labute approximate surface area is 204 Å². The molecule has 0 amide bonds. The molecule has 1 aromatic heterocycles. The summed E-state index contributed by atoms with van der Waals surface area (Å²) in [5.74, 6) is -0.379. The van der Waals surface area contributed by atoms with E-state index >= 15 is 0 Å². The zero-order valence-electron chi connectivity index (χ0n) is 20.8. The quantitative estimate of drug-likeness (QED) is 0.222. The molecule has 0 saturated heterocycles. The predicted molar refractivity (Wildman–Crippen MR) is 134 cm³/mol. The van der Waals surface area contributed by atoms with Crippen LogP contribution in [0.4, 0.5) is 5.69 Å². The average Bonchev–Trinajstić information content (AvgIpc) is 3.16. The van der Waals surface area contributed by atoms with Crippen LogP contribution in [0, 0.1) is 24.0 Å². The van der Waals surface area contributed by atoms with E-state index in [1.807, 2.05) is 33.8 Å². The molecule has 0 fully saturated rings. The minimum absolute atomic E-state index is 0.0522. The van der Waals surface area contributed by atoms with Crippen LogP contribution in [0.1, 0.15) is 70.8 Å². The number of hydrogen-bond acceptors (Lipinski definition) is 6. The Morgan fingerprint density at radius 1 is 1.03 bits per heavy atom. The lowest BCUT2D eigenvalue weighted by Gasteiger charge is -2.14. The molecule has 0 spiro atoms. The van der Waals surface area contributed by atoms with Gasteiger partial charge in [0.2, 0.25) is 11.7 Å². The topological polar surface area (TPSA) is 104 Å². The monoisotopic (exact) mass is 475 g/mol. The number of ketones is 2. The highest BCUT2D eigenvalue weighted by atomic mass is 16.6. The Hall–Kier alpha value is -4.07. The Morgan fingerprint density at radius 3 is 2.26 bits per heavy atom. The van der Waals surface area contributed by atoms with Crippen LogP contribution in [0.2, 0.25) is 0 Å². The lowest BCUT2D eigenvalue weighted by molar-refractivity contribution is -0.385. The van der Waals surface area contributed by atoms with Crippen molar-refractivity contribution < 1.29 is 19.2 Å². The third-order valence-electron chi connectivity index (χ3n) is 6.05. The number of Topliss-reactive ketones (excluding diaryl/α,β-unsaturated/α-hetero) is 1. The number of nitro benzene ring substituents is 1. The number of rotatable bonds is 9. The number of carbonyl (C=O) groups excluding carboxylic acids is 2. The number of carbonyl (C=O) groups is 2. The van der Waals surface area contributed by atoms with Crippen LogP contribution < -0.4 is 4.74 Å². The molecule has 2 aromatic carbocycles. The number of ether oxygens (including phenoxy) is 1. The van der Waals surface area contributed by atoms with Crippen molar-refractivity contribution in [2.45, 2.75) is 48.1 Å². The van der Waals surface area contributed by atoms with Crippen molar-refractivity contribution >= 4 is 22.8 Å². The number of nitrogens with zero attached hydrogens (tertiary/aromatic N) is 3. The van der Waals surface area contributed by atoms with E-state index in [1.54, 1.807) is 42.8 Å². The van der Waals surface area contributed by atoms with Crippen LogP contribution >= 0.6 is 0 Å². The van der Waals surface area contributed by atoms with Gasteiger partial charge < -0.3 is 4.74 Å². The second kappa shape index (κ2) is 10.5. The van der Waals surface area contributed by atoms with Gasteiger partial charge in [-0.1, -0.05) is 35.9 Å². The van der Waals surface area contributed by atoms with Gasteiger partial charge in [-0.15, -0.1) is 0 Å². The molecule has 0 aliphatic heterocycles. The van der Waals surface area contributed by atoms with Crippen molar-refractivity contribution in [1.82, 2.24) is 9.78 Å². The summed E-state index contributed by atoms with van der Waals surface area (Å²) in [6.07, 6.45) is 0. The molecule has 0 atom stereocenters. The molecule has 1 heterocycles. The van der Waals surface area contributed by atoms with E-state index in [-0.39, 0.29) is 35.3 Å². The molecule has 3 rings (SSSR count). The maximum Gasteiger partial charge on any atom is 0.277 e. The number of nitro groups is 1. The molecule has 3 aromatic rings. The molecule has 0 radical (unpaired) electrons. The van der Waals surface area contributed by atoms with E-state index in [9.17, 15) is 19.7 Å². The van der Waals surface area contributed by atoms with Crippen molar-refractivity contribution in [2.75, 3.05) is 6.61 Å². The molecule has 182 valence electrons. The van der Waals surface area contributed by atoms with Gasteiger partial charge >= 0.3 is 0 Å². The first kappa shape index (κ1) is 25.6. The Balaban J connectivity index is 2.08. The van der Waals surface area contributed by atoms with Gasteiger partial charge in [0.1, 0.15) is 5.56 Å². The summed E-state index contributed by atoms with van der Waals surface area (Å²) in [5, 5.41) is 16.1. The average molecular weight is 476 g/mol. The molecule has 8 nitrogen and oxygen atoms in total. The van der Waals surface area contributed by atoms with Crippen LogP contribution in [-0.2, 0) is 6.54 Å². The number of benzene rings is 2. The van der Waals surface area contributed by atoms with Gasteiger partial charge in [0.25, 0.3) is 5.69 Å². The minimum Gasteiger partial charge on any atom is -0.469 e. The molecule has 0 aliphatic rings. The highest BCUT2D eigenvalue weighted by Gasteiger charge is 2.29. The smallest absolute Gasteiger partial charge is 0.277 e. The molecule has 0 saturated carbocycles. The fraction of sp³-hybridized carbons (Fsp3) is 0.296. The van der Waals surface area contributed by atoms with Crippen molar-refractivity contribution in [3.63, 3.8) is 0 Å². The number of aryl methyl sites for hydroxylation is 2. The van der Waals surface area contributed by atoms with Crippen molar-refractivity contribution in [3.8, 4) is 5.88 Å². The van der Waals surface area contributed by atoms with Gasteiger partial charge in [0.15, 0.2) is 12.4 Å². The van der Waals surface area contributed by atoms with Crippen LogP contribution in [-0.4, -0.2) is 32.9 Å². The Morgan fingerprint density at radius 2 is 1.69 bits per heavy atom. The second-order valence-corrected chi connectivity index (χ2v) is 8.50. The third-order valence-corrected chi connectivity index (χ3v) is 6.05. The first-order valence-corrected chi connectivity index (χ1v) is 11.3. The minimum atomic E-state index is -0.437. The van der Waals surface area contributed by atoms with E-state index in [0.717, 1.165) is 11.1 Å². The SMILES string of the molecule is CCn1nc(C)c(C(=O)c2ccc([N+](=O)[O-])c(C(C)=C(C)C)c2C)c1OCC(=O)c1ccccc1. The van der Waals surface area contributed by atoms with E-state index < -0.39 is 4.92 Å². The van der Waals surface area contributed by atoms with E-state index in [2.05, 4.69) is 5.10 Å². The number of aromatic nitrogens is 2. The lowest BCUT2D eigenvalue weighted by Crippen LogP contribution is -2.16. The van der Waals surface area contributed by atoms with Gasteiger partial charge in [0, 0.05) is 23.7 Å². The zero-order valence-corrected chi connectivity index (χ0v) is 20.8. The predicted octanol–water partition coefficient (Wildman–Crippen LogP) is 5.73. The maximum absolute atomic E-state index is 13.8. The van der Waals surface area contributed by atoms with Gasteiger partial charge in [0.05, 0.1) is 16.2 Å². The normalized spacial score (nSPS) is 10.7. The van der Waals surface area contributed by atoms with Crippen LogP contribution in [0.5, 0.6) is 5.88 Å². The first-order chi connectivity index (χ1) is 16.6. The van der Waals surface area contributed by atoms with E-state index in [4.69, 9.17) is 4.74 Å². The van der Waals surface area contributed by atoms with Gasteiger partial charge in [-0.2, -0.15) is 5.10 Å². The summed E-state index contributed by atoms with van der Waals surface area (Å²) >= 11 is 0. The summed E-state index contributed by atoms with van der Waals surface area (Å²) in [6.45, 7) is 11.0. The molecule has 8 heteroatoms. The van der Waals surface area contributed by atoms with E-state index in [1.165, 1.54) is 12.1 Å². The van der Waals surface area contributed by atoms with E-state index in [0.29, 0.717) is 34.5 Å². The zero-order chi connectivity index (χ0) is 25.9. The molecule has 0 N–H and O–H groups in total. The van der Waals surface area contributed by atoms with Crippen LogP contribution in [0.15, 0.2) is 48.0 Å². The standard InChI is InChI=1S/C27H29N3O5/c1-7-29-27(35-15-23(31)20-11-9-8-10-12-20)25(19(6)28-29)26(32)21-13-14-22(30(33)34)24(18(21)5)17(4)16(2)3/h8-14H,7,15H2,1-6H3. The Kier molecular flexibility index (Phi) is 7.64. The third kappa shape index (κ3) is 5.06. The molecule has 0 unspecified atom stereocenters. The summed E-state index contributed by atoms with van der Waals surface area (Å²) in [7, 11) is 0. The summed E-state index contributed by atoms with van der Waals surface area (Å²) < 4.78 is 7.41.